The van der Waals surface area contributed by atoms with Crippen LogP contribution in [0.15, 0.2) is 10.4 Å². The molecule has 0 saturated heterocycles. The SMILES string of the molecule is CN=C(NCC(=O)N(C)C)NCc1nc(C(C)C)cs1. The van der Waals surface area contributed by atoms with E-state index in [-0.39, 0.29) is 12.5 Å². The topological polar surface area (TPSA) is 69.6 Å². The molecule has 20 heavy (non-hydrogen) atoms. The second-order valence-corrected chi connectivity index (χ2v) is 5.83. The van der Waals surface area contributed by atoms with Crippen molar-refractivity contribution >= 4 is 23.2 Å². The van der Waals surface area contributed by atoms with Crippen LogP contribution in [0.2, 0.25) is 0 Å². The van der Waals surface area contributed by atoms with Gasteiger partial charge in [-0.25, -0.2) is 4.98 Å². The van der Waals surface area contributed by atoms with Gasteiger partial charge in [-0.15, -0.1) is 11.3 Å². The van der Waals surface area contributed by atoms with Gasteiger partial charge in [-0.1, -0.05) is 13.8 Å². The molecular weight excluding hydrogens is 274 g/mol. The summed E-state index contributed by atoms with van der Waals surface area (Å²) in [6, 6.07) is 0. The summed E-state index contributed by atoms with van der Waals surface area (Å²) >= 11 is 1.63. The van der Waals surface area contributed by atoms with Crippen molar-refractivity contribution in [3.63, 3.8) is 0 Å². The second-order valence-electron chi connectivity index (χ2n) is 4.89. The monoisotopic (exact) mass is 297 g/mol. The maximum Gasteiger partial charge on any atom is 0.241 e. The smallest absolute Gasteiger partial charge is 0.241 e. The number of thiazole rings is 1. The molecule has 1 rings (SSSR count). The minimum atomic E-state index is 0.00397. The summed E-state index contributed by atoms with van der Waals surface area (Å²) in [5.74, 6) is 1.04. The number of aromatic nitrogens is 1. The first kappa shape index (κ1) is 16.4. The molecule has 0 aromatic carbocycles. The van der Waals surface area contributed by atoms with Crippen LogP contribution in [0.25, 0.3) is 0 Å². The van der Waals surface area contributed by atoms with Gasteiger partial charge >= 0.3 is 0 Å². The van der Waals surface area contributed by atoms with Gasteiger partial charge in [-0.05, 0) is 5.92 Å². The molecule has 0 unspecified atom stereocenters. The van der Waals surface area contributed by atoms with E-state index in [1.54, 1.807) is 32.5 Å². The number of likely N-dealkylation sites (N-methyl/N-ethyl adjacent to an activating group) is 1. The van der Waals surface area contributed by atoms with Crippen molar-refractivity contribution in [3.8, 4) is 0 Å². The zero-order chi connectivity index (χ0) is 15.1. The lowest BCUT2D eigenvalue weighted by atomic mass is 10.2. The summed E-state index contributed by atoms with van der Waals surface area (Å²) in [6.07, 6.45) is 0. The fraction of sp³-hybridized carbons (Fsp3) is 0.615. The Bertz CT molecular complexity index is 467. The number of guanidine groups is 1. The predicted molar refractivity (Wildman–Crippen MR) is 83.1 cm³/mol. The molecule has 0 aliphatic carbocycles. The third-order valence-corrected chi connectivity index (χ3v) is 3.56. The molecule has 6 nitrogen and oxygen atoms in total. The van der Waals surface area contributed by atoms with Crippen molar-refractivity contribution in [2.75, 3.05) is 27.7 Å². The Balaban J connectivity index is 2.43. The minimum Gasteiger partial charge on any atom is -0.350 e. The number of hydrogen-bond acceptors (Lipinski definition) is 4. The number of amides is 1. The Morgan fingerprint density at radius 2 is 2.15 bits per heavy atom. The van der Waals surface area contributed by atoms with Crippen molar-refractivity contribution in [1.29, 1.82) is 0 Å². The second kappa shape index (κ2) is 7.84. The van der Waals surface area contributed by atoms with E-state index in [1.807, 2.05) is 0 Å². The molecule has 7 heteroatoms. The van der Waals surface area contributed by atoms with Crippen LogP contribution in [0.1, 0.15) is 30.5 Å². The summed E-state index contributed by atoms with van der Waals surface area (Å²) < 4.78 is 0. The predicted octanol–water partition coefficient (Wildman–Crippen LogP) is 1.02. The van der Waals surface area contributed by atoms with Crippen LogP contribution in [0, 0.1) is 0 Å². The highest BCUT2D eigenvalue weighted by molar-refractivity contribution is 7.09. The first-order valence-electron chi connectivity index (χ1n) is 6.53. The molecule has 0 spiro atoms. The molecule has 1 amide bonds. The zero-order valence-corrected chi connectivity index (χ0v) is 13.5. The van der Waals surface area contributed by atoms with Gasteiger partial charge in [-0.3, -0.25) is 9.79 Å². The molecule has 2 N–H and O–H groups in total. The van der Waals surface area contributed by atoms with E-state index in [0.717, 1.165) is 10.7 Å². The van der Waals surface area contributed by atoms with Gasteiger partial charge in [0, 0.05) is 26.5 Å². The van der Waals surface area contributed by atoms with Gasteiger partial charge < -0.3 is 15.5 Å². The Morgan fingerprint density at radius 1 is 1.45 bits per heavy atom. The number of aliphatic imine (C=N–C) groups is 1. The number of nitrogens with zero attached hydrogens (tertiary/aromatic N) is 3. The average molecular weight is 297 g/mol. The minimum absolute atomic E-state index is 0.00397. The summed E-state index contributed by atoms with van der Waals surface area (Å²) in [4.78, 5) is 21.6. The van der Waals surface area contributed by atoms with Crippen LogP contribution in [0.4, 0.5) is 0 Å². The van der Waals surface area contributed by atoms with Crippen molar-refractivity contribution in [1.82, 2.24) is 20.5 Å². The Kier molecular flexibility index (Phi) is 6.44. The van der Waals surface area contributed by atoms with E-state index in [4.69, 9.17) is 0 Å². The number of hydrogen-bond donors (Lipinski definition) is 2. The summed E-state index contributed by atoms with van der Waals surface area (Å²) in [7, 11) is 5.13. The van der Waals surface area contributed by atoms with E-state index in [0.29, 0.717) is 18.4 Å². The lowest BCUT2D eigenvalue weighted by molar-refractivity contribution is -0.127. The maximum atomic E-state index is 11.5. The number of rotatable bonds is 5. The summed E-state index contributed by atoms with van der Waals surface area (Å²) in [5.41, 5.74) is 1.11. The molecule has 0 bridgehead atoms. The molecule has 0 saturated carbocycles. The highest BCUT2D eigenvalue weighted by Crippen LogP contribution is 2.17. The highest BCUT2D eigenvalue weighted by atomic mass is 32.1. The Morgan fingerprint density at radius 3 is 2.65 bits per heavy atom. The standard InChI is InChI=1S/C13H23N5OS/c1-9(2)10-8-20-11(17-10)6-15-13(14-3)16-7-12(19)18(4)5/h8-9H,6-7H2,1-5H3,(H2,14,15,16). The number of nitrogens with one attached hydrogen (secondary N) is 2. The fourth-order valence-corrected chi connectivity index (χ4v) is 2.26. The lowest BCUT2D eigenvalue weighted by Crippen LogP contribution is -2.42. The molecule has 0 radical (unpaired) electrons. The van der Waals surface area contributed by atoms with Gasteiger partial charge in [0.05, 0.1) is 18.8 Å². The molecule has 1 aromatic rings. The van der Waals surface area contributed by atoms with Crippen LogP contribution >= 0.6 is 11.3 Å². The number of carbonyl (C=O) groups is 1. The fourth-order valence-electron chi connectivity index (χ4n) is 1.37. The molecule has 1 heterocycles. The van der Waals surface area contributed by atoms with Crippen LogP contribution in [0.3, 0.4) is 0 Å². The van der Waals surface area contributed by atoms with E-state index in [9.17, 15) is 4.79 Å². The first-order chi connectivity index (χ1) is 9.43. The molecule has 0 fully saturated rings. The van der Waals surface area contributed by atoms with Crippen molar-refractivity contribution in [2.45, 2.75) is 26.3 Å². The molecular formula is C13H23N5OS. The molecule has 0 atom stereocenters. The lowest BCUT2D eigenvalue weighted by Gasteiger charge is -2.13. The van der Waals surface area contributed by atoms with Crippen molar-refractivity contribution < 1.29 is 4.79 Å². The third-order valence-electron chi connectivity index (χ3n) is 2.70. The van der Waals surface area contributed by atoms with Crippen LogP contribution < -0.4 is 10.6 Å². The normalized spacial score (nSPS) is 11.6. The summed E-state index contributed by atoms with van der Waals surface area (Å²) in [6.45, 7) is 5.08. The van der Waals surface area contributed by atoms with Gasteiger partial charge in [0.25, 0.3) is 0 Å². The van der Waals surface area contributed by atoms with Crippen molar-refractivity contribution in [3.05, 3.63) is 16.1 Å². The van der Waals surface area contributed by atoms with Crippen LogP contribution in [-0.4, -0.2) is 49.4 Å². The van der Waals surface area contributed by atoms with Crippen molar-refractivity contribution in [2.24, 2.45) is 4.99 Å². The first-order valence-corrected chi connectivity index (χ1v) is 7.41. The van der Waals surface area contributed by atoms with E-state index < -0.39 is 0 Å². The number of carbonyl (C=O) groups excluding carboxylic acids is 1. The maximum absolute atomic E-state index is 11.5. The molecule has 0 aliphatic rings. The molecule has 1 aromatic heterocycles. The van der Waals surface area contributed by atoms with Crippen LogP contribution in [-0.2, 0) is 11.3 Å². The van der Waals surface area contributed by atoms with E-state index >= 15 is 0 Å². The Hall–Kier alpha value is -1.63. The summed E-state index contributed by atoms with van der Waals surface area (Å²) in [5, 5.41) is 9.21. The Labute approximate surface area is 124 Å². The average Bonchev–Trinajstić information content (AvgIpc) is 2.87. The van der Waals surface area contributed by atoms with Gasteiger partial charge in [0.15, 0.2) is 5.96 Å². The van der Waals surface area contributed by atoms with E-state index in [1.165, 1.54) is 4.90 Å². The van der Waals surface area contributed by atoms with Gasteiger partial charge in [0.2, 0.25) is 5.91 Å². The molecule has 112 valence electrons. The highest BCUT2D eigenvalue weighted by Gasteiger charge is 2.08. The zero-order valence-electron chi connectivity index (χ0n) is 12.7. The van der Waals surface area contributed by atoms with Crippen LogP contribution in [0.5, 0.6) is 0 Å². The van der Waals surface area contributed by atoms with Gasteiger partial charge in [-0.2, -0.15) is 0 Å². The molecule has 0 aliphatic heterocycles. The third kappa shape index (κ3) is 5.16. The largest absolute Gasteiger partial charge is 0.350 e. The quantitative estimate of drug-likeness (QED) is 0.629. The van der Waals surface area contributed by atoms with E-state index in [2.05, 4.69) is 39.8 Å². The van der Waals surface area contributed by atoms with Gasteiger partial charge in [0.1, 0.15) is 5.01 Å².